The van der Waals surface area contributed by atoms with E-state index in [4.69, 9.17) is 14.6 Å². The monoisotopic (exact) mass is 260 g/mol. The Balaban J connectivity index is 1.96. The zero-order valence-corrected chi connectivity index (χ0v) is 9.28. The van der Waals surface area contributed by atoms with Crippen molar-refractivity contribution in [1.29, 1.82) is 0 Å². The molecular formula is C12H11F3O3. The van der Waals surface area contributed by atoms with E-state index in [2.05, 4.69) is 0 Å². The number of aliphatic hydroxyl groups excluding tert-OH is 1. The lowest BCUT2D eigenvalue weighted by atomic mass is 10.1. The summed E-state index contributed by atoms with van der Waals surface area (Å²) in [6, 6.07) is 5.14. The van der Waals surface area contributed by atoms with Crippen LogP contribution < -0.4 is 9.47 Å². The predicted octanol–water partition coefficient (Wildman–Crippen LogP) is 2.44. The van der Waals surface area contributed by atoms with Crippen molar-refractivity contribution < 1.29 is 27.8 Å². The van der Waals surface area contributed by atoms with E-state index in [0.29, 0.717) is 11.5 Å². The van der Waals surface area contributed by atoms with Crippen LogP contribution in [0.2, 0.25) is 0 Å². The molecule has 0 saturated heterocycles. The zero-order chi connectivity index (χ0) is 13.2. The van der Waals surface area contributed by atoms with Crippen LogP contribution in [0.4, 0.5) is 13.2 Å². The molecule has 1 aromatic rings. The maximum absolute atomic E-state index is 12.0. The van der Waals surface area contributed by atoms with Gasteiger partial charge in [-0.2, -0.15) is 13.2 Å². The molecule has 0 bridgehead atoms. The van der Waals surface area contributed by atoms with Crippen LogP contribution in [0.15, 0.2) is 30.4 Å². The minimum atomic E-state index is -4.62. The molecule has 0 saturated carbocycles. The summed E-state index contributed by atoms with van der Waals surface area (Å²) in [6.07, 6.45) is -4.76. The molecule has 2 rings (SSSR count). The topological polar surface area (TPSA) is 38.7 Å². The minimum absolute atomic E-state index is 0.154. The van der Waals surface area contributed by atoms with Crippen LogP contribution in [0.1, 0.15) is 5.56 Å². The third-order valence-corrected chi connectivity index (χ3v) is 2.44. The first kappa shape index (κ1) is 12.8. The van der Waals surface area contributed by atoms with Gasteiger partial charge in [-0.05, 0) is 24.1 Å². The summed E-state index contributed by atoms with van der Waals surface area (Å²) >= 11 is 0. The number of ether oxygens (including phenoxy) is 2. The molecule has 3 nitrogen and oxygen atoms in total. The molecule has 18 heavy (non-hydrogen) atoms. The highest BCUT2D eigenvalue weighted by Crippen LogP contribution is 2.32. The van der Waals surface area contributed by atoms with Gasteiger partial charge in [-0.15, -0.1) is 0 Å². The number of benzene rings is 1. The molecule has 1 N–H and O–H groups in total. The lowest BCUT2D eigenvalue weighted by Crippen LogP contribution is -2.26. The molecule has 0 spiro atoms. The fraction of sp³-hybridized carbons (Fsp3) is 0.333. The van der Waals surface area contributed by atoms with E-state index in [1.54, 1.807) is 18.2 Å². The fourth-order valence-electron chi connectivity index (χ4n) is 1.51. The van der Waals surface area contributed by atoms with E-state index in [1.165, 1.54) is 6.08 Å². The zero-order valence-electron chi connectivity index (χ0n) is 9.28. The molecule has 0 aliphatic carbocycles. The van der Waals surface area contributed by atoms with Crippen molar-refractivity contribution in [1.82, 2.24) is 0 Å². The third-order valence-electron chi connectivity index (χ3n) is 2.44. The van der Waals surface area contributed by atoms with Crippen molar-refractivity contribution in [2.45, 2.75) is 18.7 Å². The van der Waals surface area contributed by atoms with Crippen molar-refractivity contribution in [2.24, 2.45) is 0 Å². The lowest BCUT2D eigenvalue weighted by Gasteiger charge is -2.09. The van der Waals surface area contributed by atoms with Crippen molar-refractivity contribution in [3.63, 3.8) is 0 Å². The van der Waals surface area contributed by atoms with Crippen LogP contribution in [0.5, 0.6) is 11.5 Å². The molecule has 98 valence electrons. The van der Waals surface area contributed by atoms with E-state index >= 15 is 0 Å². The van der Waals surface area contributed by atoms with Crippen LogP contribution in [-0.2, 0) is 6.42 Å². The molecule has 1 unspecified atom stereocenters. The second-order valence-corrected chi connectivity index (χ2v) is 3.81. The highest BCUT2D eigenvalue weighted by atomic mass is 19.4. The SMILES string of the molecule is OC(/C=C/Cc1ccc2c(c1)OCO2)C(F)(F)F. The molecule has 1 atom stereocenters. The van der Waals surface area contributed by atoms with Crippen LogP contribution in [0, 0.1) is 0 Å². The quantitative estimate of drug-likeness (QED) is 0.848. The van der Waals surface area contributed by atoms with Crippen LogP contribution in [0.25, 0.3) is 0 Å². The third kappa shape index (κ3) is 2.95. The van der Waals surface area contributed by atoms with E-state index in [9.17, 15) is 13.2 Å². The summed E-state index contributed by atoms with van der Waals surface area (Å²) in [6.45, 7) is 0.154. The highest BCUT2D eigenvalue weighted by Gasteiger charge is 2.35. The standard InChI is InChI=1S/C12H11F3O3/c13-12(14,15)11(16)3-1-2-8-4-5-9-10(6-8)18-7-17-9/h1,3-6,11,16H,2,7H2/b3-1+. The largest absolute Gasteiger partial charge is 0.454 e. The number of aliphatic hydroxyl groups is 1. The van der Waals surface area contributed by atoms with E-state index in [1.807, 2.05) is 0 Å². The summed E-state index contributed by atoms with van der Waals surface area (Å²) in [7, 11) is 0. The molecule has 1 aromatic carbocycles. The van der Waals surface area contributed by atoms with Gasteiger partial charge < -0.3 is 14.6 Å². The van der Waals surface area contributed by atoms with Gasteiger partial charge >= 0.3 is 6.18 Å². The van der Waals surface area contributed by atoms with Crippen LogP contribution in [-0.4, -0.2) is 24.2 Å². The molecule has 6 heteroatoms. The molecular weight excluding hydrogens is 249 g/mol. The summed E-state index contributed by atoms with van der Waals surface area (Å²) in [4.78, 5) is 0. The summed E-state index contributed by atoms with van der Waals surface area (Å²) in [5, 5.41) is 8.76. The maximum Gasteiger partial charge on any atom is 0.417 e. The van der Waals surface area contributed by atoms with Gasteiger partial charge in [0.05, 0.1) is 0 Å². The molecule has 0 radical (unpaired) electrons. The second kappa shape index (κ2) is 4.89. The number of hydrogen-bond donors (Lipinski definition) is 1. The van der Waals surface area contributed by atoms with Gasteiger partial charge in [0.2, 0.25) is 6.79 Å². The van der Waals surface area contributed by atoms with Gasteiger partial charge in [0.1, 0.15) is 0 Å². The molecule has 0 fully saturated rings. The number of fused-ring (bicyclic) bond motifs is 1. The van der Waals surface area contributed by atoms with Gasteiger partial charge in [0.15, 0.2) is 17.6 Å². The number of hydrogen-bond acceptors (Lipinski definition) is 3. The van der Waals surface area contributed by atoms with Crippen LogP contribution >= 0.6 is 0 Å². The first-order valence-corrected chi connectivity index (χ1v) is 5.27. The Hall–Kier alpha value is -1.69. The van der Waals surface area contributed by atoms with Gasteiger partial charge in [0, 0.05) is 0 Å². The van der Waals surface area contributed by atoms with Crippen molar-refractivity contribution in [3.8, 4) is 11.5 Å². The maximum atomic E-state index is 12.0. The molecule has 0 aromatic heterocycles. The smallest absolute Gasteiger partial charge is 0.417 e. The average molecular weight is 260 g/mol. The highest BCUT2D eigenvalue weighted by molar-refractivity contribution is 5.44. The fourth-order valence-corrected chi connectivity index (χ4v) is 1.51. The first-order valence-electron chi connectivity index (χ1n) is 5.27. The van der Waals surface area contributed by atoms with Crippen molar-refractivity contribution >= 4 is 0 Å². The normalized spacial score (nSPS) is 16.2. The van der Waals surface area contributed by atoms with E-state index in [-0.39, 0.29) is 13.2 Å². The van der Waals surface area contributed by atoms with Gasteiger partial charge in [-0.1, -0.05) is 18.2 Å². The van der Waals surface area contributed by atoms with Gasteiger partial charge in [0.25, 0.3) is 0 Å². The Kier molecular flexibility index (Phi) is 3.47. The number of allylic oxidation sites excluding steroid dienone is 1. The summed E-state index contributed by atoms with van der Waals surface area (Å²) < 4.78 is 46.3. The Morgan fingerprint density at radius 3 is 2.72 bits per heavy atom. The number of rotatable bonds is 3. The molecule has 1 heterocycles. The summed E-state index contributed by atoms with van der Waals surface area (Å²) in [5.74, 6) is 1.20. The molecule has 1 aliphatic heterocycles. The van der Waals surface area contributed by atoms with E-state index in [0.717, 1.165) is 11.6 Å². The Labute approximate surface area is 101 Å². The van der Waals surface area contributed by atoms with Crippen molar-refractivity contribution in [2.75, 3.05) is 6.79 Å². The Morgan fingerprint density at radius 2 is 2.00 bits per heavy atom. The number of halogens is 3. The molecule has 1 aliphatic rings. The van der Waals surface area contributed by atoms with Gasteiger partial charge in [-0.25, -0.2) is 0 Å². The Morgan fingerprint density at radius 1 is 1.28 bits per heavy atom. The predicted molar refractivity (Wildman–Crippen MR) is 57.5 cm³/mol. The minimum Gasteiger partial charge on any atom is -0.454 e. The first-order chi connectivity index (χ1) is 8.47. The second-order valence-electron chi connectivity index (χ2n) is 3.81. The number of alkyl halides is 3. The van der Waals surface area contributed by atoms with E-state index < -0.39 is 12.3 Å². The van der Waals surface area contributed by atoms with Crippen molar-refractivity contribution in [3.05, 3.63) is 35.9 Å². The van der Waals surface area contributed by atoms with Crippen LogP contribution in [0.3, 0.4) is 0 Å². The Bertz CT molecular complexity index is 454. The average Bonchev–Trinajstić information content (AvgIpc) is 2.74. The summed E-state index contributed by atoms with van der Waals surface area (Å²) in [5.41, 5.74) is 0.782. The van der Waals surface area contributed by atoms with Gasteiger partial charge in [-0.3, -0.25) is 0 Å². The lowest BCUT2D eigenvalue weighted by molar-refractivity contribution is -0.187. The molecule has 0 amide bonds.